The Hall–Kier alpha value is -0.440. The molecule has 0 amide bonds. The van der Waals surface area contributed by atoms with Crippen LogP contribution in [0.5, 0.6) is 0 Å². The quantitative estimate of drug-likeness (QED) is 0.172. The molecular weight excluding hydrogens is 216 g/mol. The number of nitrogens with two attached hydrogens (primary N) is 1. The minimum atomic E-state index is -1.59. The predicted molar refractivity (Wildman–Crippen MR) is 50.6 cm³/mol. The maximum Gasteiger partial charge on any atom is 0.110 e. The van der Waals surface area contributed by atoms with E-state index in [-0.39, 0.29) is 12.4 Å². The van der Waals surface area contributed by atoms with Crippen molar-refractivity contribution in [3.63, 3.8) is 0 Å². The summed E-state index contributed by atoms with van der Waals surface area (Å²) in [6.45, 7) is -0.693. The predicted octanol–water partition coefficient (Wildman–Crippen LogP) is -2.73. The Kier molecular flexibility index (Phi) is 9.05. The van der Waals surface area contributed by atoms with Crippen LogP contribution >= 0.6 is 12.4 Å². The Balaban J connectivity index is 0. The van der Waals surface area contributed by atoms with E-state index < -0.39 is 31.0 Å². The Morgan fingerprint density at radius 3 is 2.07 bits per heavy atom. The summed E-state index contributed by atoms with van der Waals surface area (Å²) < 4.78 is 0. The van der Waals surface area contributed by atoms with Gasteiger partial charge in [0.05, 0.1) is 18.9 Å². The van der Waals surface area contributed by atoms with Crippen molar-refractivity contribution in [2.45, 2.75) is 24.4 Å². The summed E-state index contributed by atoms with van der Waals surface area (Å²) in [7, 11) is 0. The van der Waals surface area contributed by atoms with Crippen LogP contribution in [-0.4, -0.2) is 62.8 Å². The van der Waals surface area contributed by atoms with E-state index in [2.05, 4.69) is 5.16 Å². The van der Waals surface area contributed by atoms with Gasteiger partial charge in [0.25, 0.3) is 0 Å². The molecule has 0 rings (SSSR count). The fourth-order valence-corrected chi connectivity index (χ4v) is 0.728. The Labute approximate surface area is 86.9 Å². The van der Waals surface area contributed by atoms with Gasteiger partial charge in [-0.05, 0) is 0 Å². The van der Waals surface area contributed by atoms with Crippen molar-refractivity contribution in [1.29, 1.82) is 0 Å². The monoisotopic (exact) mass is 230 g/mol. The molecule has 8 heteroatoms. The minimum absolute atomic E-state index is 0. The third-order valence-corrected chi connectivity index (χ3v) is 1.56. The Morgan fingerprint density at radius 2 is 1.71 bits per heavy atom. The van der Waals surface area contributed by atoms with E-state index >= 15 is 0 Å². The fourth-order valence-electron chi connectivity index (χ4n) is 0.728. The van der Waals surface area contributed by atoms with Crippen LogP contribution in [0, 0.1) is 0 Å². The molecule has 14 heavy (non-hydrogen) atoms. The summed E-state index contributed by atoms with van der Waals surface area (Å²) >= 11 is 0. The van der Waals surface area contributed by atoms with Crippen LogP contribution in [0.1, 0.15) is 0 Å². The van der Waals surface area contributed by atoms with E-state index in [0.717, 1.165) is 6.21 Å². The number of halogens is 1. The topological polar surface area (TPSA) is 140 Å². The summed E-state index contributed by atoms with van der Waals surface area (Å²) in [6.07, 6.45) is -3.76. The molecule has 7 N–H and O–H groups in total. The molecule has 0 fully saturated rings. The number of oxime groups is 1. The second-order valence-electron chi connectivity index (χ2n) is 2.57. The zero-order valence-corrected chi connectivity index (χ0v) is 8.08. The molecule has 86 valence electrons. The molecule has 0 bridgehead atoms. The summed E-state index contributed by atoms with van der Waals surface area (Å²) in [5.74, 6) is 0. The van der Waals surface area contributed by atoms with E-state index in [1.165, 1.54) is 0 Å². The maximum atomic E-state index is 9.17. The lowest BCUT2D eigenvalue weighted by molar-refractivity contribution is -0.0772. The highest BCUT2D eigenvalue weighted by atomic mass is 35.5. The lowest BCUT2D eigenvalue weighted by Crippen LogP contribution is -2.49. The highest BCUT2D eigenvalue weighted by Crippen LogP contribution is 2.02. The molecule has 0 radical (unpaired) electrons. The average molecular weight is 231 g/mol. The zero-order chi connectivity index (χ0) is 10.4. The van der Waals surface area contributed by atoms with Crippen molar-refractivity contribution in [1.82, 2.24) is 0 Å². The third kappa shape index (κ3) is 4.70. The molecule has 0 aromatic carbocycles. The Bertz CT molecular complexity index is 170. The van der Waals surface area contributed by atoms with Crippen molar-refractivity contribution in [3.8, 4) is 0 Å². The molecule has 0 spiro atoms. The number of nitrogens with zero attached hydrogens (tertiary/aromatic N) is 1. The lowest BCUT2D eigenvalue weighted by atomic mass is 10.0. The van der Waals surface area contributed by atoms with Crippen molar-refractivity contribution >= 4 is 18.6 Å². The van der Waals surface area contributed by atoms with Gasteiger partial charge < -0.3 is 31.4 Å². The second kappa shape index (κ2) is 7.92. The first-order valence-corrected chi connectivity index (χ1v) is 3.62. The van der Waals surface area contributed by atoms with Crippen LogP contribution in [-0.2, 0) is 0 Å². The van der Waals surface area contributed by atoms with Crippen molar-refractivity contribution in [2.75, 3.05) is 6.61 Å². The van der Waals surface area contributed by atoms with E-state index in [0.29, 0.717) is 0 Å². The molecule has 4 unspecified atom stereocenters. The van der Waals surface area contributed by atoms with Crippen LogP contribution in [0.2, 0.25) is 0 Å². The first-order chi connectivity index (χ1) is 6.04. The minimum Gasteiger partial charge on any atom is -0.411 e. The van der Waals surface area contributed by atoms with Gasteiger partial charge in [-0.1, -0.05) is 0 Å². The molecule has 0 aliphatic heterocycles. The second-order valence-corrected chi connectivity index (χ2v) is 2.57. The van der Waals surface area contributed by atoms with Crippen molar-refractivity contribution < 1.29 is 25.6 Å². The molecule has 0 saturated carbocycles. The van der Waals surface area contributed by atoms with Crippen LogP contribution < -0.4 is 5.73 Å². The molecular formula is C6H15ClN2O5. The van der Waals surface area contributed by atoms with E-state index in [9.17, 15) is 5.11 Å². The van der Waals surface area contributed by atoms with Gasteiger partial charge in [-0.2, -0.15) is 0 Å². The summed E-state index contributed by atoms with van der Waals surface area (Å²) in [5, 5.41) is 46.2. The highest BCUT2D eigenvalue weighted by Gasteiger charge is 2.28. The SMILES string of the molecule is Cl.NC(C=NO)C(O)C(O)C(O)CO. The van der Waals surface area contributed by atoms with Gasteiger partial charge in [0, 0.05) is 0 Å². The van der Waals surface area contributed by atoms with Crippen LogP contribution in [0.4, 0.5) is 0 Å². The summed E-state index contributed by atoms with van der Waals surface area (Å²) in [4.78, 5) is 0. The van der Waals surface area contributed by atoms with Gasteiger partial charge in [0.2, 0.25) is 0 Å². The van der Waals surface area contributed by atoms with Crippen LogP contribution in [0.15, 0.2) is 5.16 Å². The largest absolute Gasteiger partial charge is 0.411 e. The third-order valence-electron chi connectivity index (χ3n) is 1.56. The van der Waals surface area contributed by atoms with E-state index in [1.807, 2.05) is 0 Å². The fraction of sp³-hybridized carbons (Fsp3) is 0.833. The number of hydrogen-bond acceptors (Lipinski definition) is 7. The standard InChI is InChI=1S/C6H14N2O5.ClH/c7-3(1-8-13)5(11)6(12)4(10)2-9;/h1,3-6,9-13H,2,7H2;1H. The maximum absolute atomic E-state index is 9.17. The van der Waals surface area contributed by atoms with Gasteiger partial charge in [0.1, 0.15) is 18.3 Å². The van der Waals surface area contributed by atoms with Crippen molar-refractivity contribution in [3.05, 3.63) is 0 Å². The molecule has 4 atom stereocenters. The van der Waals surface area contributed by atoms with Crippen LogP contribution in [0.3, 0.4) is 0 Å². The highest BCUT2D eigenvalue weighted by molar-refractivity contribution is 5.85. The van der Waals surface area contributed by atoms with E-state index in [4.69, 9.17) is 26.3 Å². The van der Waals surface area contributed by atoms with Crippen molar-refractivity contribution in [2.24, 2.45) is 10.9 Å². The van der Waals surface area contributed by atoms with Gasteiger partial charge in [-0.3, -0.25) is 0 Å². The number of rotatable bonds is 5. The number of aliphatic hydroxyl groups excluding tert-OH is 4. The first kappa shape index (κ1) is 16.0. The van der Waals surface area contributed by atoms with Gasteiger partial charge in [-0.25, -0.2) is 0 Å². The Morgan fingerprint density at radius 1 is 1.21 bits per heavy atom. The normalized spacial score (nSPS) is 19.8. The summed E-state index contributed by atoms with van der Waals surface area (Å²) in [5.41, 5.74) is 5.21. The molecule has 0 saturated heterocycles. The zero-order valence-electron chi connectivity index (χ0n) is 7.26. The average Bonchev–Trinajstić information content (AvgIpc) is 2.14. The lowest BCUT2D eigenvalue weighted by Gasteiger charge is -2.23. The summed E-state index contributed by atoms with van der Waals surface area (Å²) in [6, 6.07) is -1.11. The smallest absolute Gasteiger partial charge is 0.110 e. The molecule has 0 aliphatic rings. The number of aliphatic hydroxyl groups is 4. The van der Waals surface area contributed by atoms with Crippen LogP contribution in [0.25, 0.3) is 0 Å². The molecule has 0 aromatic heterocycles. The molecule has 0 aliphatic carbocycles. The number of hydrogen-bond donors (Lipinski definition) is 6. The van der Waals surface area contributed by atoms with Gasteiger partial charge in [0.15, 0.2) is 0 Å². The molecule has 0 aromatic rings. The molecule has 0 heterocycles. The van der Waals surface area contributed by atoms with E-state index in [1.54, 1.807) is 0 Å². The van der Waals surface area contributed by atoms with Gasteiger partial charge >= 0.3 is 0 Å². The van der Waals surface area contributed by atoms with Gasteiger partial charge in [-0.15, -0.1) is 17.6 Å². The molecule has 7 nitrogen and oxygen atoms in total. The first-order valence-electron chi connectivity index (χ1n) is 3.62.